The fourth-order valence-electron chi connectivity index (χ4n) is 1.20. The van der Waals surface area contributed by atoms with Crippen LogP contribution in [0.15, 0.2) is 12.7 Å². The number of benzene rings is 1. The zero-order valence-corrected chi connectivity index (χ0v) is 8.97. The zero-order chi connectivity index (χ0) is 13.9. The Morgan fingerprint density at radius 2 is 1.67 bits per heavy atom. The summed E-state index contributed by atoms with van der Waals surface area (Å²) >= 11 is 0. The van der Waals surface area contributed by atoms with Crippen LogP contribution in [0.2, 0.25) is 0 Å². The van der Waals surface area contributed by atoms with E-state index in [1.807, 2.05) is 0 Å². The molecule has 0 saturated heterocycles. The molecule has 3 nitrogen and oxygen atoms in total. The highest BCUT2D eigenvalue weighted by Gasteiger charge is 2.29. The molecule has 0 fully saturated rings. The number of rotatable bonds is 4. The monoisotopic (exact) mass is 264 g/mol. The van der Waals surface area contributed by atoms with Crippen LogP contribution in [0.4, 0.5) is 17.6 Å². The SMILES string of the molecule is C=CCOC(=O)c1c(F)c(F)c(CO)c(F)c1F. The molecule has 1 aromatic carbocycles. The van der Waals surface area contributed by atoms with Gasteiger partial charge in [0.15, 0.2) is 23.3 Å². The predicted molar refractivity (Wildman–Crippen MR) is 52.7 cm³/mol. The molecule has 0 aliphatic heterocycles. The quantitative estimate of drug-likeness (QED) is 0.392. The van der Waals surface area contributed by atoms with Gasteiger partial charge in [0.05, 0.1) is 12.2 Å². The average Bonchev–Trinajstić information content (AvgIpc) is 2.35. The van der Waals surface area contributed by atoms with Gasteiger partial charge < -0.3 is 9.84 Å². The molecule has 1 rings (SSSR count). The van der Waals surface area contributed by atoms with Crippen molar-refractivity contribution < 1.29 is 32.2 Å². The maximum Gasteiger partial charge on any atom is 0.344 e. The van der Waals surface area contributed by atoms with Crippen molar-refractivity contribution in [1.82, 2.24) is 0 Å². The summed E-state index contributed by atoms with van der Waals surface area (Å²) in [6.07, 6.45) is 1.11. The number of ether oxygens (including phenoxy) is 1. The molecule has 0 amide bonds. The van der Waals surface area contributed by atoms with Gasteiger partial charge in [0.2, 0.25) is 0 Å². The second kappa shape index (κ2) is 5.63. The summed E-state index contributed by atoms with van der Waals surface area (Å²) < 4.78 is 57.4. The molecule has 0 atom stereocenters. The van der Waals surface area contributed by atoms with E-state index < -0.39 is 47.0 Å². The largest absolute Gasteiger partial charge is 0.458 e. The third-order valence-electron chi connectivity index (χ3n) is 2.05. The third kappa shape index (κ3) is 2.35. The normalized spacial score (nSPS) is 10.3. The van der Waals surface area contributed by atoms with Gasteiger partial charge in [-0.2, -0.15) is 0 Å². The molecule has 18 heavy (non-hydrogen) atoms. The predicted octanol–water partition coefficient (Wildman–Crippen LogP) is 2.08. The molecule has 0 unspecified atom stereocenters. The first-order chi connectivity index (χ1) is 8.45. The summed E-state index contributed by atoms with van der Waals surface area (Å²) in [5.74, 6) is -9.05. The van der Waals surface area contributed by atoms with E-state index in [9.17, 15) is 22.4 Å². The van der Waals surface area contributed by atoms with Crippen molar-refractivity contribution in [2.45, 2.75) is 6.61 Å². The Hall–Kier alpha value is -1.89. The van der Waals surface area contributed by atoms with Gasteiger partial charge in [0, 0.05) is 0 Å². The third-order valence-corrected chi connectivity index (χ3v) is 2.05. The molecule has 1 N–H and O–H groups in total. The minimum Gasteiger partial charge on any atom is -0.458 e. The Morgan fingerprint density at radius 1 is 1.17 bits per heavy atom. The van der Waals surface area contributed by atoms with E-state index in [1.54, 1.807) is 0 Å². The van der Waals surface area contributed by atoms with Gasteiger partial charge in [0.25, 0.3) is 0 Å². The van der Waals surface area contributed by atoms with Crippen LogP contribution >= 0.6 is 0 Å². The number of aliphatic hydroxyl groups excluding tert-OH is 1. The van der Waals surface area contributed by atoms with Crippen molar-refractivity contribution in [3.8, 4) is 0 Å². The molecule has 0 saturated carbocycles. The molecule has 98 valence electrons. The van der Waals surface area contributed by atoms with E-state index in [2.05, 4.69) is 11.3 Å². The average molecular weight is 264 g/mol. The van der Waals surface area contributed by atoms with Gasteiger partial charge in [-0.1, -0.05) is 12.7 Å². The number of esters is 1. The van der Waals surface area contributed by atoms with Crippen LogP contribution in [0.3, 0.4) is 0 Å². The fourth-order valence-corrected chi connectivity index (χ4v) is 1.20. The lowest BCUT2D eigenvalue weighted by molar-refractivity contribution is 0.0535. The van der Waals surface area contributed by atoms with E-state index in [-0.39, 0.29) is 6.61 Å². The second-order valence-corrected chi connectivity index (χ2v) is 3.15. The molecule has 0 aliphatic carbocycles. The molecular formula is C11H8F4O3. The lowest BCUT2D eigenvalue weighted by Gasteiger charge is -2.09. The number of carbonyl (C=O) groups is 1. The summed E-state index contributed by atoms with van der Waals surface area (Å²) in [6, 6.07) is 0. The van der Waals surface area contributed by atoms with Crippen LogP contribution in [0.25, 0.3) is 0 Å². The molecule has 0 bridgehead atoms. The number of hydrogen-bond acceptors (Lipinski definition) is 3. The number of hydrogen-bond donors (Lipinski definition) is 1. The van der Waals surface area contributed by atoms with Crippen molar-refractivity contribution in [2.75, 3.05) is 6.61 Å². The topological polar surface area (TPSA) is 46.5 Å². The first-order valence-corrected chi connectivity index (χ1v) is 4.69. The Balaban J connectivity index is 3.37. The number of halogens is 4. The van der Waals surface area contributed by atoms with Crippen molar-refractivity contribution in [2.24, 2.45) is 0 Å². The smallest absolute Gasteiger partial charge is 0.344 e. The maximum absolute atomic E-state index is 13.3. The first kappa shape index (κ1) is 14.2. The summed E-state index contributed by atoms with van der Waals surface area (Å²) in [5, 5.41) is 8.58. The number of carbonyl (C=O) groups excluding carboxylic acids is 1. The lowest BCUT2D eigenvalue weighted by atomic mass is 10.1. The van der Waals surface area contributed by atoms with Crippen molar-refractivity contribution in [3.05, 3.63) is 47.1 Å². The lowest BCUT2D eigenvalue weighted by Crippen LogP contribution is -2.16. The van der Waals surface area contributed by atoms with E-state index in [0.29, 0.717) is 0 Å². The second-order valence-electron chi connectivity index (χ2n) is 3.15. The van der Waals surface area contributed by atoms with Crippen LogP contribution in [-0.4, -0.2) is 17.7 Å². The van der Waals surface area contributed by atoms with E-state index in [4.69, 9.17) is 5.11 Å². The minimum absolute atomic E-state index is 0.372. The standard InChI is InChI=1S/C11H8F4O3/c1-2-3-18-11(17)6-9(14)7(12)5(4-16)8(13)10(6)15/h2,16H,1,3-4H2. The van der Waals surface area contributed by atoms with E-state index in [0.717, 1.165) is 6.08 Å². The highest BCUT2D eigenvalue weighted by molar-refractivity contribution is 5.90. The summed E-state index contributed by atoms with van der Waals surface area (Å²) in [6.45, 7) is 1.57. The molecule has 0 spiro atoms. The molecule has 1 aromatic rings. The highest BCUT2D eigenvalue weighted by atomic mass is 19.2. The van der Waals surface area contributed by atoms with Crippen LogP contribution in [0.5, 0.6) is 0 Å². The molecular weight excluding hydrogens is 256 g/mol. The maximum atomic E-state index is 13.3. The Kier molecular flexibility index (Phi) is 4.43. The van der Waals surface area contributed by atoms with Crippen LogP contribution in [0.1, 0.15) is 15.9 Å². The van der Waals surface area contributed by atoms with Crippen molar-refractivity contribution in [1.29, 1.82) is 0 Å². The van der Waals surface area contributed by atoms with Gasteiger partial charge in [0.1, 0.15) is 12.2 Å². The first-order valence-electron chi connectivity index (χ1n) is 4.69. The Morgan fingerprint density at radius 3 is 2.06 bits per heavy atom. The van der Waals surface area contributed by atoms with Crippen molar-refractivity contribution >= 4 is 5.97 Å². The summed E-state index contributed by atoms with van der Waals surface area (Å²) in [4.78, 5) is 11.2. The fraction of sp³-hybridized carbons (Fsp3) is 0.182. The van der Waals surface area contributed by atoms with Crippen LogP contribution in [-0.2, 0) is 11.3 Å². The molecule has 0 radical (unpaired) electrons. The van der Waals surface area contributed by atoms with E-state index >= 15 is 0 Å². The zero-order valence-electron chi connectivity index (χ0n) is 8.97. The highest BCUT2D eigenvalue weighted by Crippen LogP contribution is 2.24. The van der Waals surface area contributed by atoms with E-state index in [1.165, 1.54) is 0 Å². The minimum atomic E-state index is -1.91. The number of aliphatic hydroxyl groups is 1. The Bertz CT molecular complexity index is 471. The van der Waals surface area contributed by atoms with Gasteiger partial charge in [-0.15, -0.1) is 0 Å². The summed E-state index contributed by atoms with van der Waals surface area (Å²) in [5.41, 5.74) is -2.67. The van der Waals surface area contributed by atoms with Gasteiger partial charge in [-0.25, -0.2) is 22.4 Å². The van der Waals surface area contributed by atoms with Crippen LogP contribution in [0, 0.1) is 23.3 Å². The van der Waals surface area contributed by atoms with Crippen molar-refractivity contribution in [3.63, 3.8) is 0 Å². The van der Waals surface area contributed by atoms with Gasteiger partial charge in [-0.3, -0.25) is 0 Å². The molecule has 0 aromatic heterocycles. The van der Waals surface area contributed by atoms with Gasteiger partial charge in [-0.05, 0) is 0 Å². The summed E-state index contributed by atoms with van der Waals surface area (Å²) in [7, 11) is 0. The van der Waals surface area contributed by atoms with Gasteiger partial charge >= 0.3 is 5.97 Å². The van der Waals surface area contributed by atoms with Crippen LogP contribution < -0.4 is 0 Å². The molecule has 0 aliphatic rings. The Labute approximate surface area is 99.3 Å². The molecule has 0 heterocycles. The molecule has 7 heteroatoms.